The maximum Gasteiger partial charge on any atom is 0.242 e. The lowest BCUT2D eigenvalue weighted by Gasteiger charge is -2.35. The highest BCUT2D eigenvalue weighted by molar-refractivity contribution is 5.81. The van der Waals surface area contributed by atoms with Crippen molar-refractivity contribution < 1.29 is 14.3 Å². The van der Waals surface area contributed by atoms with Crippen LogP contribution in [0.2, 0.25) is 0 Å². The molecule has 132 valence electrons. The molecule has 2 atom stereocenters. The van der Waals surface area contributed by atoms with E-state index in [9.17, 15) is 4.79 Å². The lowest BCUT2D eigenvalue weighted by Crippen LogP contribution is -2.49. The summed E-state index contributed by atoms with van der Waals surface area (Å²) in [5, 5.41) is 3.26. The Morgan fingerprint density at radius 3 is 2.58 bits per heavy atom. The third kappa shape index (κ3) is 4.41. The van der Waals surface area contributed by atoms with E-state index < -0.39 is 0 Å². The van der Waals surface area contributed by atoms with Crippen LogP contribution in [-0.2, 0) is 9.53 Å². The molecule has 24 heavy (non-hydrogen) atoms. The Kier molecular flexibility index (Phi) is 5.61. The lowest BCUT2D eigenvalue weighted by atomic mass is 10.2. The number of benzene rings is 1. The Morgan fingerprint density at radius 1 is 1.21 bits per heavy atom. The van der Waals surface area contributed by atoms with Gasteiger partial charge in [-0.15, -0.1) is 0 Å². The standard InChI is InChI=1S/C19H28N2O3/c1-14-12-21(13-15(2)23-14)19(22)11-20-17-9-5-6-10-18(17)24-16-7-3-4-8-16/h5-6,9-10,14-16,20H,3-4,7-8,11-13H2,1-2H3. The molecule has 1 amide bonds. The molecule has 1 aromatic carbocycles. The second kappa shape index (κ2) is 7.88. The number of nitrogens with one attached hydrogen (secondary N) is 1. The van der Waals surface area contributed by atoms with Crippen LogP contribution in [0.1, 0.15) is 39.5 Å². The molecule has 0 aromatic heterocycles. The van der Waals surface area contributed by atoms with Crippen molar-refractivity contribution in [3.63, 3.8) is 0 Å². The van der Waals surface area contributed by atoms with Gasteiger partial charge in [-0.05, 0) is 51.7 Å². The molecule has 1 saturated carbocycles. The Labute approximate surface area is 144 Å². The number of rotatable bonds is 5. The number of anilines is 1. The first-order chi connectivity index (χ1) is 11.6. The van der Waals surface area contributed by atoms with E-state index in [1.807, 2.05) is 43.0 Å². The first-order valence-corrected chi connectivity index (χ1v) is 9.04. The highest BCUT2D eigenvalue weighted by Gasteiger charge is 2.25. The number of carbonyl (C=O) groups excluding carboxylic acids is 1. The summed E-state index contributed by atoms with van der Waals surface area (Å²) in [6.07, 6.45) is 5.22. The molecule has 0 spiro atoms. The van der Waals surface area contributed by atoms with Gasteiger partial charge < -0.3 is 19.7 Å². The molecular formula is C19H28N2O3. The number of morpholine rings is 1. The van der Waals surface area contributed by atoms with E-state index in [1.165, 1.54) is 12.8 Å². The fraction of sp³-hybridized carbons (Fsp3) is 0.632. The summed E-state index contributed by atoms with van der Waals surface area (Å²) in [6.45, 7) is 5.61. The van der Waals surface area contributed by atoms with Crippen molar-refractivity contribution in [2.75, 3.05) is 25.0 Å². The van der Waals surface area contributed by atoms with E-state index >= 15 is 0 Å². The summed E-state index contributed by atoms with van der Waals surface area (Å²) >= 11 is 0. The van der Waals surface area contributed by atoms with Gasteiger partial charge in [0.2, 0.25) is 5.91 Å². The third-order valence-electron chi connectivity index (χ3n) is 4.69. The fourth-order valence-electron chi connectivity index (χ4n) is 3.57. The summed E-state index contributed by atoms with van der Waals surface area (Å²) in [6, 6.07) is 7.89. The third-order valence-corrected chi connectivity index (χ3v) is 4.69. The van der Waals surface area contributed by atoms with E-state index in [-0.39, 0.29) is 24.7 Å². The summed E-state index contributed by atoms with van der Waals surface area (Å²) in [4.78, 5) is 14.4. The van der Waals surface area contributed by atoms with Crippen LogP contribution in [0.25, 0.3) is 0 Å². The van der Waals surface area contributed by atoms with E-state index in [1.54, 1.807) is 0 Å². The molecule has 5 heteroatoms. The number of hydrogen-bond acceptors (Lipinski definition) is 4. The zero-order valence-electron chi connectivity index (χ0n) is 14.7. The number of amides is 1. The van der Waals surface area contributed by atoms with Crippen molar-refractivity contribution in [1.29, 1.82) is 0 Å². The van der Waals surface area contributed by atoms with E-state index in [0.29, 0.717) is 19.2 Å². The van der Waals surface area contributed by atoms with Crippen molar-refractivity contribution in [3.05, 3.63) is 24.3 Å². The van der Waals surface area contributed by atoms with Crippen LogP contribution < -0.4 is 10.1 Å². The quantitative estimate of drug-likeness (QED) is 0.900. The van der Waals surface area contributed by atoms with Gasteiger partial charge in [0.05, 0.1) is 30.5 Å². The van der Waals surface area contributed by atoms with Crippen molar-refractivity contribution >= 4 is 11.6 Å². The Bertz CT molecular complexity index is 547. The topological polar surface area (TPSA) is 50.8 Å². The predicted molar refractivity (Wildman–Crippen MR) is 94.4 cm³/mol. The summed E-state index contributed by atoms with van der Waals surface area (Å²) in [5.74, 6) is 0.952. The predicted octanol–water partition coefficient (Wildman–Crippen LogP) is 3.06. The zero-order valence-corrected chi connectivity index (χ0v) is 14.7. The molecule has 2 unspecified atom stereocenters. The first kappa shape index (κ1) is 17.1. The van der Waals surface area contributed by atoms with Crippen LogP contribution in [0.3, 0.4) is 0 Å². The van der Waals surface area contributed by atoms with Gasteiger partial charge in [0, 0.05) is 13.1 Å². The molecule has 2 aliphatic rings. The maximum atomic E-state index is 12.5. The molecule has 1 heterocycles. The van der Waals surface area contributed by atoms with Gasteiger partial charge in [-0.2, -0.15) is 0 Å². The number of ether oxygens (including phenoxy) is 2. The molecule has 1 N–H and O–H groups in total. The van der Waals surface area contributed by atoms with Crippen LogP contribution in [-0.4, -0.2) is 48.8 Å². The summed E-state index contributed by atoms with van der Waals surface area (Å²) in [7, 11) is 0. The molecule has 1 saturated heterocycles. The van der Waals surface area contributed by atoms with Gasteiger partial charge in [-0.3, -0.25) is 4.79 Å². The number of hydrogen-bond donors (Lipinski definition) is 1. The van der Waals surface area contributed by atoms with E-state index in [0.717, 1.165) is 24.3 Å². The molecule has 1 aliphatic heterocycles. The average molecular weight is 332 g/mol. The Morgan fingerprint density at radius 2 is 1.88 bits per heavy atom. The molecule has 2 fully saturated rings. The van der Waals surface area contributed by atoms with Crippen LogP contribution in [0, 0.1) is 0 Å². The molecule has 0 radical (unpaired) electrons. The Balaban J connectivity index is 1.56. The van der Waals surface area contributed by atoms with E-state index in [2.05, 4.69) is 5.32 Å². The van der Waals surface area contributed by atoms with Crippen LogP contribution >= 0.6 is 0 Å². The molecule has 1 aliphatic carbocycles. The lowest BCUT2D eigenvalue weighted by molar-refractivity contribution is -0.141. The largest absolute Gasteiger partial charge is 0.488 e. The van der Waals surface area contributed by atoms with Gasteiger partial charge in [-0.1, -0.05) is 12.1 Å². The van der Waals surface area contributed by atoms with Crippen LogP contribution in [0.4, 0.5) is 5.69 Å². The monoisotopic (exact) mass is 332 g/mol. The minimum Gasteiger partial charge on any atom is -0.488 e. The molecule has 0 bridgehead atoms. The van der Waals surface area contributed by atoms with Crippen molar-refractivity contribution in [2.24, 2.45) is 0 Å². The summed E-state index contributed by atoms with van der Waals surface area (Å²) in [5.41, 5.74) is 0.895. The highest BCUT2D eigenvalue weighted by Crippen LogP contribution is 2.29. The molecule has 5 nitrogen and oxygen atoms in total. The number of para-hydroxylation sites is 2. The Hall–Kier alpha value is -1.75. The minimum atomic E-state index is 0.0932. The van der Waals surface area contributed by atoms with Gasteiger partial charge in [-0.25, -0.2) is 0 Å². The minimum absolute atomic E-state index is 0.0932. The van der Waals surface area contributed by atoms with Crippen LogP contribution in [0.5, 0.6) is 5.75 Å². The number of nitrogens with zero attached hydrogens (tertiary/aromatic N) is 1. The van der Waals surface area contributed by atoms with Crippen molar-refractivity contribution in [2.45, 2.75) is 57.8 Å². The fourth-order valence-corrected chi connectivity index (χ4v) is 3.57. The summed E-state index contributed by atoms with van der Waals surface area (Å²) < 4.78 is 11.8. The molecular weight excluding hydrogens is 304 g/mol. The van der Waals surface area contributed by atoms with Crippen LogP contribution in [0.15, 0.2) is 24.3 Å². The smallest absolute Gasteiger partial charge is 0.242 e. The molecule has 3 rings (SSSR count). The maximum absolute atomic E-state index is 12.5. The normalized spacial score (nSPS) is 24.8. The van der Waals surface area contributed by atoms with Gasteiger partial charge in [0.15, 0.2) is 0 Å². The second-order valence-electron chi connectivity index (χ2n) is 6.93. The number of carbonyl (C=O) groups is 1. The molecule has 1 aromatic rings. The SMILES string of the molecule is CC1CN(C(=O)CNc2ccccc2OC2CCCC2)CC(C)O1. The van der Waals surface area contributed by atoms with Gasteiger partial charge in [0.25, 0.3) is 0 Å². The van der Waals surface area contributed by atoms with Crippen molar-refractivity contribution in [1.82, 2.24) is 4.90 Å². The van der Waals surface area contributed by atoms with E-state index in [4.69, 9.17) is 9.47 Å². The van der Waals surface area contributed by atoms with Gasteiger partial charge >= 0.3 is 0 Å². The zero-order chi connectivity index (χ0) is 16.9. The highest BCUT2D eigenvalue weighted by atomic mass is 16.5. The second-order valence-corrected chi connectivity index (χ2v) is 6.93. The average Bonchev–Trinajstić information content (AvgIpc) is 3.06. The van der Waals surface area contributed by atoms with Crippen molar-refractivity contribution in [3.8, 4) is 5.75 Å². The first-order valence-electron chi connectivity index (χ1n) is 9.04. The van der Waals surface area contributed by atoms with Gasteiger partial charge in [0.1, 0.15) is 5.75 Å².